The van der Waals surface area contributed by atoms with Gasteiger partial charge in [0.2, 0.25) is 5.91 Å². The molecule has 1 aromatic heterocycles. The van der Waals surface area contributed by atoms with Gasteiger partial charge < -0.3 is 16.2 Å². The van der Waals surface area contributed by atoms with Crippen LogP contribution in [0.15, 0.2) is 0 Å². The van der Waals surface area contributed by atoms with Gasteiger partial charge in [-0.2, -0.15) is 0 Å². The SMILES string of the molecule is CCc1c(C)sc(NC(=O)CCC(=O)O)c1C(N)=O. The van der Waals surface area contributed by atoms with Crippen molar-refractivity contribution in [3.63, 3.8) is 0 Å². The van der Waals surface area contributed by atoms with E-state index in [0.717, 1.165) is 10.4 Å². The van der Waals surface area contributed by atoms with Crippen LogP contribution in [0, 0.1) is 6.92 Å². The van der Waals surface area contributed by atoms with Crippen LogP contribution < -0.4 is 11.1 Å². The average Bonchev–Trinajstić information content (AvgIpc) is 2.62. The van der Waals surface area contributed by atoms with Crippen LogP contribution in [0.1, 0.15) is 40.6 Å². The highest BCUT2D eigenvalue weighted by Crippen LogP contribution is 2.33. The van der Waals surface area contributed by atoms with Crippen molar-refractivity contribution >= 4 is 34.1 Å². The first kappa shape index (κ1) is 15.2. The molecule has 0 radical (unpaired) electrons. The fourth-order valence-corrected chi connectivity index (χ4v) is 2.93. The summed E-state index contributed by atoms with van der Waals surface area (Å²) in [5.74, 6) is -2.06. The summed E-state index contributed by atoms with van der Waals surface area (Å²) in [6.07, 6.45) is 0.264. The van der Waals surface area contributed by atoms with E-state index in [-0.39, 0.29) is 12.8 Å². The van der Waals surface area contributed by atoms with E-state index in [0.29, 0.717) is 17.0 Å². The lowest BCUT2D eigenvalue weighted by Crippen LogP contribution is -2.18. The second-order valence-electron chi connectivity index (χ2n) is 4.00. The number of aliphatic carboxylic acids is 1. The molecule has 1 heterocycles. The van der Waals surface area contributed by atoms with Crippen LogP contribution in [0.2, 0.25) is 0 Å². The highest BCUT2D eigenvalue weighted by Gasteiger charge is 2.20. The van der Waals surface area contributed by atoms with Crippen molar-refractivity contribution in [1.29, 1.82) is 0 Å². The number of anilines is 1. The molecule has 19 heavy (non-hydrogen) atoms. The standard InChI is InChI=1S/C12H16N2O4S/c1-3-7-6(2)19-12(10(7)11(13)18)14-8(15)4-5-9(16)17/h3-5H2,1-2H3,(H2,13,18)(H,14,15)(H,16,17). The monoisotopic (exact) mass is 284 g/mol. The molecule has 0 atom stereocenters. The quantitative estimate of drug-likeness (QED) is 0.735. The molecule has 0 bridgehead atoms. The van der Waals surface area contributed by atoms with Gasteiger partial charge in [-0.05, 0) is 18.9 Å². The molecule has 0 aliphatic heterocycles. The van der Waals surface area contributed by atoms with E-state index in [2.05, 4.69) is 5.32 Å². The number of aryl methyl sites for hydroxylation is 1. The smallest absolute Gasteiger partial charge is 0.303 e. The Labute approximate surface area is 114 Å². The third kappa shape index (κ3) is 3.78. The number of nitrogens with two attached hydrogens (primary N) is 1. The summed E-state index contributed by atoms with van der Waals surface area (Å²) in [7, 11) is 0. The highest BCUT2D eigenvalue weighted by atomic mass is 32.1. The van der Waals surface area contributed by atoms with Gasteiger partial charge in [0.1, 0.15) is 5.00 Å². The van der Waals surface area contributed by atoms with Gasteiger partial charge in [0.25, 0.3) is 5.91 Å². The molecular formula is C12H16N2O4S. The van der Waals surface area contributed by atoms with E-state index in [1.165, 1.54) is 11.3 Å². The number of hydrogen-bond acceptors (Lipinski definition) is 4. The molecule has 0 aliphatic rings. The number of carbonyl (C=O) groups is 3. The fourth-order valence-electron chi connectivity index (χ4n) is 1.76. The number of carboxylic acids is 1. The zero-order valence-electron chi connectivity index (χ0n) is 10.8. The summed E-state index contributed by atoms with van der Waals surface area (Å²) in [6.45, 7) is 3.75. The maximum absolute atomic E-state index is 11.6. The molecule has 6 nitrogen and oxygen atoms in total. The van der Waals surface area contributed by atoms with Gasteiger partial charge in [-0.3, -0.25) is 14.4 Å². The summed E-state index contributed by atoms with van der Waals surface area (Å²) in [5, 5.41) is 11.5. The van der Waals surface area contributed by atoms with E-state index >= 15 is 0 Å². The van der Waals surface area contributed by atoms with Crippen LogP contribution in [-0.4, -0.2) is 22.9 Å². The molecule has 104 valence electrons. The molecule has 7 heteroatoms. The van der Waals surface area contributed by atoms with E-state index < -0.39 is 17.8 Å². The first-order chi connectivity index (χ1) is 8.86. The van der Waals surface area contributed by atoms with Crippen LogP contribution in [0.5, 0.6) is 0 Å². The Kier molecular flexibility index (Phi) is 5.05. The predicted molar refractivity (Wildman–Crippen MR) is 72.5 cm³/mol. The van der Waals surface area contributed by atoms with Crippen molar-refractivity contribution in [2.45, 2.75) is 33.1 Å². The summed E-state index contributed by atoms with van der Waals surface area (Å²) in [6, 6.07) is 0. The second kappa shape index (κ2) is 6.33. The number of thiophene rings is 1. The molecule has 1 rings (SSSR count). The summed E-state index contributed by atoms with van der Waals surface area (Å²) >= 11 is 1.28. The van der Waals surface area contributed by atoms with Crippen LogP contribution in [0.3, 0.4) is 0 Å². The lowest BCUT2D eigenvalue weighted by atomic mass is 10.1. The number of amides is 2. The van der Waals surface area contributed by atoms with Crippen LogP contribution >= 0.6 is 11.3 Å². The minimum atomic E-state index is -1.04. The average molecular weight is 284 g/mol. The number of hydrogen-bond donors (Lipinski definition) is 3. The van der Waals surface area contributed by atoms with Crippen molar-refractivity contribution in [2.24, 2.45) is 5.73 Å². The molecule has 0 saturated carbocycles. The highest BCUT2D eigenvalue weighted by molar-refractivity contribution is 7.16. The minimum Gasteiger partial charge on any atom is -0.481 e. The molecule has 0 saturated heterocycles. The Morgan fingerprint density at radius 2 is 1.95 bits per heavy atom. The van der Waals surface area contributed by atoms with Gasteiger partial charge in [-0.1, -0.05) is 6.92 Å². The van der Waals surface area contributed by atoms with Gasteiger partial charge in [-0.25, -0.2) is 0 Å². The van der Waals surface area contributed by atoms with Gasteiger partial charge in [0.05, 0.1) is 12.0 Å². The van der Waals surface area contributed by atoms with Crippen molar-refractivity contribution in [1.82, 2.24) is 0 Å². The van der Waals surface area contributed by atoms with Crippen LogP contribution in [-0.2, 0) is 16.0 Å². The molecule has 1 aromatic rings. The molecule has 4 N–H and O–H groups in total. The lowest BCUT2D eigenvalue weighted by Gasteiger charge is -2.04. The van der Waals surface area contributed by atoms with E-state index in [1.54, 1.807) is 0 Å². The Balaban J connectivity index is 2.92. The van der Waals surface area contributed by atoms with Gasteiger partial charge in [-0.15, -0.1) is 11.3 Å². The van der Waals surface area contributed by atoms with Crippen molar-refractivity contribution in [3.05, 3.63) is 16.0 Å². The van der Waals surface area contributed by atoms with Crippen LogP contribution in [0.25, 0.3) is 0 Å². The maximum atomic E-state index is 11.6. The fraction of sp³-hybridized carbons (Fsp3) is 0.417. The zero-order chi connectivity index (χ0) is 14.6. The van der Waals surface area contributed by atoms with E-state index in [9.17, 15) is 14.4 Å². The second-order valence-corrected chi connectivity index (χ2v) is 5.23. The number of nitrogens with one attached hydrogen (secondary N) is 1. The molecule has 0 spiro atoms. The largest absolute Gasteiger partial charge is 0.481 e. The summed E-state index contributed by atoms with van der Waals surface area (Å²) in [4.78, 5) is 34.3. The van der Waals surface area contributed by atoms with E-state index in [4.69, 9.17) is 10.8 Å². The molecule has 0 unspecified atom stereocenters. The van der Waals surface area contributed by atoms with Gasteiger partial charge >= 0.3 is 5.97 Å². The number of rotatable bonds is 6. The minimum absolute atomic E-state index is 0.133. The normalized spacial score (nSPS) is 10.2. The zero-order valence-corrected chi connectivity index (χ0v) is 11.6. The number of carboxylic acid groups (broad SMARTS) is 1. The molecule has 0 aromatic carbocycles. The third-order valence-corrected chi connectivity index (χ3v) is 3.69. The molecule has 2 amide bonds. The van der Waals surface area contributed by atoms with Crippen molar-refractivity contribution in [2.75, 3.05) is 5.32 Å². The third-order valence-electron chi connectivity index (χ3n) is 2.63. The molecule has 0 aliphatic carbocycles. The Hall–Kier alpha value is -1.89. The van der Waals surface area contributed by atoms with E-state index in [1.807, 2.05) is 13.8 Å². The topological polar surface area (TPSA) is 109 Å². The Morgan fingerprint density at radius 1 is 1.32 bits per heavy atom. The Morgan fingerprint density at radius 3 is 2.42 bits per heavy atom. The van der Waals surface area contributed by atoms with Crippen LogP contribution in [0.4, 0.5) is 5.00 Å². The first-order valence-electron chi connectivity index (χ1n) is 5.80. The van der Waals surface area contributed by atoms with Gasteiger partial charge in [0, 0.05) is 11.3 Å². The number of primary amides is 1. The maximum Gasteiger partial charge on any atom is 0.303 e. The molecule has 0 fully saturated rings. The first-order valence-corrected chi connectivity index (χ1v) is 6.62. The lowest BCUT2D eigenvalue weighted by molar-refractivity contribution is -0.138. The summed E-state index contributed by atoms with van der Waals surface area (Å²) in [5.41, 5.74) is 6.48. The van der Waals surface area contributed by atoms with Crippen molar-refractivity contribution < 1.29 is 19.5 Å². The number of carbonyl (C=O) groups excluding carboxylic acids is 2. The summed E-state index contributed by atoms with van der Waals surface area (Å²) < 4.78 is 0. The predicted octanol–water partition coefficient (Wildman–Crippen LogP) is 1.52. The van der Waals surface area contributed by atoms with Crippen molar-refractivity contribution in [3.8, 4) is 0 Å². The molecular weight excluding hydrogens is 268 g/mol. The Bertz CT molecular complexity index is 522. The van der Waals surface area contributed by atoms with Gasteiger partial charge in [0.15, 0.2) is 0 Å².